The smallest absolute Gasteiger partial charge is 0.264 e. The molecule has 1 aromatic heterocycles. The normalized spacial score (nSPS) is 18.6. The highest BCUT2D eigenvalue weighted by Crippen LogP contribution is 2.24. The lowest BCUT2D eigenvalue weighted by molar-refractivity contribution is -0.124. The molecule has 1 aromatic carbocycles. The second-order valence-corrected chi connectivity index (χ2v) is 6.04. The molecule has 1 aliphatic heterocycles. The average Bonchev–Trinajstić information content (AvgIpc) is 3.05. The van der Waals surface area contributed by atoms with Gasteiger partial charge in [0.15, 0.2) is 0 Å². The summed E-state index contributed by atoms with van der Waals surface area (Å²) in [7, 11) is 0. The molecule has 3 rings (SSSR count). The molecule has 1 saturated heterocycles. The van der Waals surface area contributed by atoms with Crippen LogP contribution in [0.2, 0.25) is 0 Å². The fourth-order valence-corrected chi connectivity index (χ4v) is 3.28. The lowest BCUT2D eigenvalue weighted by atomic mass is 10.1. The molecule has 1 fully saturated rings. The summed E-state index contributed by atoms with van der Waals surface area (Å²) in [6.07, 6.45) is 0. The molecule has 2 aromatic rings. The van der Waals surface area contributed by atoms with Crippen LogP contribution in [0.5, 0.6) is 0 Å². The highest BCUT2D eigenvalue weighted by molar-refractivity contribution is 7.12. The molecule has 0 radical (unpaired) electrons. The van der Waals surface area contributed by atoms with E-state index in [1.165, 1.54) is 22.3 Å². The van der Waals surface area contributed by atoms with E-state index >= 15 is 0 Å². The third-order valence-corrected chi connectivity index (χ3v) is 4.65. The molecule has 1 unspecified atom stereocenters. The van der Waals surface area contributed by atoms with Crippen molar-refractivity contribution in [2.45, 2.75) is 13.0 Å². The van der Waals surface area contributed by atoms with Crippen LogP contribution in [0.1, 0.15) is 16.6 Å². The van der Waals surface area contributed by atoms with Crippen molar-refractivity contribution in [2.24, 2.45) is 0 Å². The van der Waals surface area contributed by atoms with E-state index in [0.717, 1.165) is 0 Å². The number of benzene rings is 1. The average molecular weight is 318 g/mol. The van der Waals surface area contributed by atoms with Crippen LogP contribution < -0.4 is 4.90 Å². The number of carbonyl (C=O) groups excluding carboxylic acids is 2. The summed E-state index contributed by atoms with van der Waals surface area (Å²) in [6, 6.07) is 9.13. The molecule has 1 aliphatic rings. The minimum atomic E-state index is -0.608. The summed E-state index contributed by atoms with van der Waals surface area (Å²) in [5.41, 5.74) is 0.266. The summed E-state index contributed by atoms with van der Waals surface area (Å²) in [5.74, 6) is -0.841. The summed E-state index contributed by atoms with van der Waals surface area (Å²) in [6.45, 7) is 2.36. The van der Waals surface area contributed by atoms with Crippen LogP contribution in [0.25, 0.3) is 0 Å². The maximum atomic E-state index is 13.9. The van der Waals surface area contributed by atoms with Gasteiger partial charge in [0.1, 0.15) is 11.9 Å². The fraction of sp³-hybridized carbons (Fsp3) is 0.250. The first-order valence-corrected chi connectivity index (χ1v) is 7.88. The molecule has 0 bridgehead atoms. The minimum absolute atomic E-state index is 0.149. The van der Waals surface area contributed by atoms with Crippen LogP contribution in [-0.4, -0.2) is 35.8 Å². The molecule has 0 spiro atoms. The quantitative estimate of drug-likeness (QED) is 0.854. The van der Waals surface area contributed by atoms with Gasteiger partial charge in [0.2, 0.25) is 5.91 Å². The lowest BCUT2D eigenvalue weighted by Gasteiger charge is -2.39. The van der Waals surface area contributed by atoms with Gasteiger partial charge in [-0.25, -0.2) is 4.39 Å². The van der Waals surface area contributed by atoms with Gasteiger partial charge in [-0.1, -0.05) is 18.2 Å². The first kappa shape index (κ1) is 14.7. The Morgan fingerprint density at radius 2 is 2.00 bits per heavy atom. The Labute approximate surface area is 131 Å². The maximum Gasteiger partial charge on any atom is 0.264 e. The van der Waals surface area contributed by atoms with Crippen molar-refractivity contribution in [2.75, 3.05) is 18.0 Å². The number of carbonyl (C=O) groups is 2. The van der Waals surface area contributed by atoms with Crippen molar-refractivity contribution >= 4 is 28.8 Å². The number of rotatable bonds is 2. The van der Waals surface area contributed by atoms with Gasteiger partial charge in [0, 0.05) is 13.1 Å². The van der Waals surface area contributed by atoms with E-state index in [4.69, 9.17) is 0 Å². The second kappa shape index (κ2) is 5.88. The zero-order valence-corrected chi connectivity index (χ0v) is 12.8. The molecule has 0 aliphatic carbocycles. The monoisotopic (exact) mass is 318 g/mol. The van der Waals surface area contributed by atoms with Crippen molar-refractivity contribution < 1.29 is 14.0 Å². The van der Waals surface area contributed by atoms with E-state index < -0.39 is 11.9 Å². The minimum Gasteiger partial charge on any atom is -0.324 e. The van der Waals surface area contributed by atoms with E-state index in [1.54, 1.807) is 42.2 Å². The van der Waals surface area contributed by atoms with Crippen LogP contribution in [-0.2, 0) is 4.79 Å². The Hall–Kier alpha value is -2.21. The van der Waals surface area contributed by atoms with Gasteiger partial charge < -0.3 is 9.80 Å². The summed E-state index contributed by atoms with van der Waals surface area (Å²) in [5, 5.41) is 1.83. The zero-order valence-electron chi connectivity index (χ0n) is 12.0. The maximum absolute atomic E-state index is 13.9. The van der Waals surface area contributed by atoms with E-state index in [9.17, 15) is 14.0 Å². The Balaban J connectivity index is 1.82. The predicted molar refractivity (Wildman–Crippen MR) is 83.6 cm³/mol. The first-order valence-electron chi connectivity index (χ1n) is 7.00. The van der Waals surface area contributed by atoms with Crippen molar-refractivity contribution in [3.8, 4) is 0 Å². The topological polar surface area (TPSA) is 40.6 Å². The first-order chi connectivity index (χ1) is 10.6. The number of para-hydroxylation sites is 1. The molecular weight excluding hydrogens is 303 g/mol. The summed E-state index contributed by atoms with van der Waals surface area (Å²) < 4.78 is 13.9. The van der Waals surface area contributed by atoms with E-state index in [-0.39, 0.29) is 17.5 Å². The van der Waals surface area contributed by atoms with Gasteiger partial charge in [-0.05, 0) is 30.5 Å². The Bertz CT molecular complexity index is 702. The summed E-state index contributed by atoms with van der Waals surface area (Å²) >= 11 is 1.35. The SMILES string of the molecule is CC1C(=O)N(c2ccccc2F)CCN1C(=O)c1cccs1. The molecule has 114 valence electrons. The van der Waals surface area contributed by atoms with Crippen molar-refractivity contribution in [3.63, 3.8) is 0 Å². The van der Waals surface area contributed by atoms with Gasteiger partial charge >= 0.3 is 0 Å². The molecule has 6 heteroatoms. The number of nitrogens with zero attached hydrogens (tertiary/aromatic N) is 2. The lowest BCUT2D eigenvalue weighted by Crippen LogP contribution is -2.57. The molecule has 4 nitrogen and oxygen atoms in total. The van der Waals surface area contributed by atoms with E-state index in [2.05, 4.69) is 0 Å². The third kappa shape index (κ3) is 2.50. The molecule has 0 saturated carbocycles. The van der Waals surface area contributed by atoms with Crippen molar-refractivity contribution in [1.82, 2.24) is 4.90 Å². The molecule has 1 atom stereocenters. The number of thiophene rings is 1. The highest BCUT2D eigenvalue weighted by Gasteiger charge is 2.36. The zero-order chi connectivity index (χ0) is 15.7. The number of halogens is 1. The van der Waals surface area contributed by atoms with E-state index in [1.807, 2.05) is 5.38 Å². The molecule has 22 heavy (non-hydrogen) atoms. The standard InChI is InChI=1S/C16H15FN2O2S/c1-11-15(20)19(13-6-3-2-5-12(13)17)9-8-18(11)16(21)14-7-4-10-22-14/h2-7,10-11H,8-9H2,1H3. The largest absolute Gasteiger partial charge is 0.324 e. The number of hydrogen-bond donors (Lipinski definition) is 0. The van der Waals surface area contributed by atoms with Gasteiger partial charge in [-0.15, -0.1) is 11.3 Å². The number of piperazine rings is 1. The molecule has 2 heterocycles. The van der Waals surface area contributed by atoms with Gasteiger partial charge in [-0.3, -0.25) is 9.59 Å². The van der Waals surface area contributed by atoms with E-state index in [0.29, 0.717) is 18.0 Å². The predicted octanol–water partition coefficient (Wildman–Crippen LogP) is 2.76. The molecular formula is C16H15FN2O2S. The number of hydrogen-bond acceptors (Lipinski definition) is 3. The Morgan fingerprint density at radius 3 is 2.68 bits per heavy atom. The second-order valence-electron chi connectivity index (χ2n) is 5.09. The molecule has 0 N–H and O–H groups in total. The Kier molecular flexibility index (Phi) is 3.94. The van der Waals surface area contributed by atoms with Crippen LogP contribution in [0, 0.1) is 5.82 Å². The van der Waals surface area contributed by atoms with Crippen LogP contribution in [0.15, 0.2) is 41.8 Å². The van der Waals surface area contributed by atoms with Gasteiger partial charge in [0.05, 0.1) is 10.6 Å². The summed E-state index contributed by atoms with van der Waals surface area (Å²) in [4.78, 5) is 28.5. The highest BCUT2D eigenvalue weighted by atomic mass is 32.1. The van der Waals surface area contributed by atoms with Crippen LogP contribution in [0.3, 0.4) is 0 Å². The van der Waals surface area contributed by atoms with Gasteiger partial charge in [-0.2, -0.15) is 0 Å². The van der Waals surface area contributed by atoms with Crippen molar-refractivity contribution in [3.05, 3.63) is 52.5 Å². The number of anilines is 1. The van der Waals surface area contributed by atoms with Crippen LogP contribution >= 0.6 is 11.3 Å². The third-order valence-electron chi connectivity index (χ3n) is 3.79. The Morgan fingerprint density at radius 1 is 1.23 bits per heavy atom. The van der Waals surface area contributed by atoms with Gasteiger partial charge in [0.25, 0.3) is 5.91 Å². The molecule has 2 amide bonds. The number of amides is 2. The fourth-order valence-electron chi connectivity index (χ4n) is 2.60. The van der Waals surface area contributed by atoms with Crippen molar-refractivity contribution in [1.29, 1.82) is 0 Å². The van der Waals surface area contributed by atoms with Crippen LogP contribution in [0.4, 0.5) is 10.1 Å².